The van der Waals surface area contributed by atoms with Gasteiger partial charge in [-0.3, -0.25) is 10.2 Å². The van der Waals surface area contributed by atoms with Crippen LogP contribution in [0.5, 0.6) is 11.5 Å². The van der Waals surface area contributed by atoms with Gasteiger partial charge in [-0.25, -0.2) is 0 Å². The van der Waals surface area contributed by atoms with E-state index in [0.29, 0.717) is 49.5 Å². The van der Waals surface area contributed by atoms with Crippen LogP contribution in [-0.4, -0.2) is 83.6 Å². The van der Waals surface area contributed by atoms with Crippen LogP contribution < -0.4 is 11.1 Å². The summed E-state index contributed by atoms with van der Waals surface area (Å²) < 4.78 is 14.3. The van der Waals surface area contributed by atoms with Crippen LogP contribution in [-0.2, 0) is 35.2 Å². The van der Waals surface area contributed by atoms with Crippen molar-refractivity contribution < 1.29 is 19.7 Å². The van der Waals surface area contributed by atoms with Crippen molar-refractivity contribution in [1.82, 2.24) is 15.1 Å². The summed E-state index contributed by atoms with van der Waals surface area (Å²) in [5.74, 6) is 1.38. The Labute approximate surface area is 317 Å². The van der Waals surface area contributed by atoms with Crippen molar-refractivity contribution in [1.29, 1.82) is 0 Å². The second-order valence-corrected chi connectivity index (χ2v) is 16.9. The number of benzene rings is 3. The van der Waals surface area contributed by atoms with Crippen molar-refractivity contribution in [2.24, 2.45) is 17.6 Å². The molecule has 2 saturated heterocycles. The Hall–Kier alpha value is -2.98. The zero-order valence-corrected chi connectivity index (χ0v) is 32.3. The van der Waals surface area contributed by atoms with E-state index in [9.17, 15) is 10.2 Å². The highest BCUT2D eigenvalue weighted by Gasteiger charge is 2.55. The summed E-state index contributed by atoms with van der Waals surface area (Å²) in [5, 5.41) is 27.2. The van der Waals surface area contributed by atoms with Gasteiger partial charge in [0.2, 0.25) is 0 Å². The first-order valence-corrected chi connectivity index (χ1v) is 20.7. The van der Waals surface area contributed by atoms with Crippen LogP contribution in [0.3, 0.4) is 0 Å². The van der Waals surface area contributed by atoms with E-state index in [4.69, 9.17) is 15.2 Å². The van der Waals surface area contributed by atoms with Gasteiger partial charge in [0.25, 0.3) is 0 Å². The van der Waals surface area contributed by atoms with Crippen LogP contribution in [0.25, 0.3) is 0 Å². The molecule has 4 heterocycles. The summed E-state index contributed by atoms with van der Waals surface area (Å²) in [6.45, 7) is 12.5. The average molecular weight is 723 g/mol. The largest absolute Gasteiger partial charge is 0.507 e. The number of ether oxygens (including phenoxy) is 2. The van der Waals surface area contributed by atoms with Crippen LogP contribution in [0.15, 0.2) is 48.5 Å². The minimum atomic E-state index is -0.608. The second kappa shape index (κ2) is 15.6. The van der Waals surface area contributed by atoms with Crippen molar-refractivity contribution in [3.05, 3.63) is 93.0 Å². The van der Waals surface area contributed by atoms with Crippen LogP contribution in [0.2, 0.25) is 0 Å². The third kappa shape index (κ3) is 7.05. The minimum absolute atomic E-state index is 0.0564. The zero-order chi connectivity index (χ0) is 36.7. The molecule has 0 spiro atoms. The van der Waals surface area contributed by atoms with Gasteiger partial charge in [0.05, 0.1) is 18.3 Å². The van der Waals surface area contributed by atoms with Crippen molar-refractivity contribution in [2.75, 3.05) is 45.9 Å². The van der Waals surface area contributed by atoms with Gasteiger partial charge in [-0.2, -0.15) is 0 Å². The summed E-state index contributed by atoms with van der Waals surface area (Å²) in [4.78, 5) is 5.38. The minimum Gasteiger partial charge on any atom is -0.507 e. The van der Waals surface area contributed by atoms with Gasteiger partial charge in [0.1, 0.15) is 17.7 Å². The molecule has 0 bridgehead atoms. The van der Waals surface area contributed by atoms with E-state index < -0.39 is 5.60 Å². The molecule has 0 radical (unpaired) electrons. The monoisotopic (exact) mass is 722 g/mol. The quantitative estimate of drug-likeness (QED) is 0.185. The Bertz CT molecular complexity index is 1720. The Morgan fingerprint density at radius 1 is 0.868 bits per heavy atom. The third-order valence-corrected chi connectivity index (χ3v) is 13.9. The highest BCUT2D eigenvalue weighted by Crippen LogP contribution is 2.51. The fourth-order valence-corrected chi connectivity index (χ4v) is 10.8. The highest BCUT2D eigenvalue weighted by molar-refractivity contribution is 5.49. The lowest BCUT2D eigenvalue weighted by molar-refractivity contribution is -0.186. The number of hydrogen-bond acceptors (Lipinski definition) is 8. The molecular formula is C45H62N4O4. The van der Waals surface area contributed by atoms with Crippen molar-refractivity contribution in [2.45, 2.75) is 115 Å². The maximum Gasteiger partial charge on any atom is 0.135 e. The molecule has 8 rings (SSSR count). The van der Waals surface area contributed by atoms with E-state index in [2.05, 4.69) is 58.4 Å². The van der Waals surface area contributed by atoms with E-state index in [1.165, 1.54) is 24.0 Å². The topological polar surface area (TPSA) is 103 Å². The van der Waals surface area contributed by atoms with Crippen LogP contribution in [0.1, 0.15) is 102 Å². The van der Waals surface area contributed by atoms with Gasteiger partial charge in [-0.1, -0.05) is 61.9 Å². The van der Waals surface area contributed by atoms with Crippen LogP contribution in [0, 0.1) is 25.7 Å². The molecule has 0 amide bonds. The molecule has 5 N–H and O–H groups in total. The maximum absolute atomic E-state index is 11.8. The fraction of sp³-hybridized carbons (Fsp3) is 0.600. The number of fused-ring (bicyclic) bond motifs is 3. The molecule has 8 nitrogen and oxygen atoms in total. The lowest BCUT2D eigenvalue weighted by Crippen LogP contribution is -2.66. The summed E-state index contributed by atoms with van der Waals surface area (Å²) >= 11 is 0. The standard InChI is InChI=1S/C45H62N4O4/c1-4-5-19-48-20-16-34(17-21-48)45(27-39-36(40(28-46)53-45)12-10-30(3)42(39)51)43(47-44-38-13-11-29(2)41(50)37(38)18-24-52-44)31-14-22-49(23-15-31)35-25-32-8-6-7-9-33(32)26-35/h6-13,31,34-35,40,43-44,47,50-51H,4-5,14-28,46H2,1-3H3/t40-,43?,44?,45-/m0/s1. The number of nitrogens with two attached hydrogens (primary N) is 1. The molecule has 286 valence electrons. The molecule has 8 heteroatoms. The molecule has 2 unspecified atom stereocenters. The maximum atomic E-state index is 11.8. The van der Waals surface area contributed by atoms with E-state index in [-0.39, 0.29) is 24.3 Å². The van der Waals surface area contributed by atoms with Gasteiger partial charge in [-0.15, -0.1) is 0 Å². The van der Waals surface area contributed by atoms with Crippen LogP contribution >= 0.6 is 0 Å². The number of nitrogens with zero attached hydrogens (tertiary/aromatic N) is 2. The van der Waals surface area contributed by atoms with Gasteiger partial charge >= 0.3 is 0 Å². The fourth-order valence-electron chi connectivity index (χ4n) is 10.8. The molecular weight excluding hydrogens is 661 g/mol. The first-order chi connectivity index (χ1) is 25.8. The number of phenols is 2. The molecule has 3 aromatic rings. The Morgan fingerprint density at radius 2 is 1.53 bits per heavy atom. The number of nitrogens with one attached hydrogen (secondary N) is 1. The highest BCUT2D eigenvalue weighted by atomic mass is 16.5. The number of hydrogen-bond donors (Lipinski definition) is 4. The number of aryl methyl sites for hydroxylation is 2. The molecule has 5 aliphatic rings. The summed E-state index contributed by atoms with van der Waals surface area (Å²) in [6.07, 6.45) is 9.56. The zero-order valence-electron chi connectivity index (χ0n) is 32.3. The predicted molar refractivity (Wildman–Crippen MR) is 210 cm³/mol. The second-order valence-electron chi connectivity index (χ2n) is 16.9. The van der Waals surface area contributed by atoms with E-state index in [1.807, 2.05) is 26.0 Å². The number of likely N-dealkylation sites (tertiary alicyclic amines) is 2. The van der Waals surface area contributed by atoms with Crippen LogP contribution in [0.4, 0.5) is 0 Å². The van der Waals surface area contributed by atoms with Crippen molar-refractivity contribution >= 4 is 0 Å². The molecule has 1 aliphatic carbocycles. The van der Waals surface area contributed by atoms with Gasteiger partial charge in [0.15, 0.2) is 0 Å². The number of unbranched alkanes of at least 4 members (excludes halogenated alkanes) is 1. The Kier molecular flexibility index (Phi) is 10.9. The average Bonchev–Trinajstić information content (AvgIpc) is 3.64. The molecule has 3 aromatic carbocycles. The van der Waals surface area contributed by atoms with Gasteiger partial charge in [-0.05, 0) is 138 Å². The lowest BCUT2D eigenvalue weighted by Gasteiger charge is -2.56. The number of aromatic hydroxyl groups is 2. The SMILES string of the molecule is CCCCN1CCC([C@]2(C(NC3OCCc4c3ccc(C)c4O)C3CCN(C4Cc5ccccc5C4)CC3)Cc3c(ccc(C)c3O)[C@H](CN)O2)CC1. The van der Waals surface area contributed by atoms with Crippen molar-refractivity contribution in [3.8, 4) is 11.5 Å². The summed E-state index contributed by atoms with van der Waals surface area (Å²) in [5.41, 5.74) is 14.9. The van der Waals surface area contributed by atoms with Gasteiger partial charge in [0, 0.05) is 41.7 Å². The first kappa shape index (κ1) is 37.0. The normalized spacial score (nSPS) is 26.6. The third-order valence-electron chi connectivity index (χ3n) is 13.9. The molecule has 2 fully saturated rings. The molecule has 4 aliphatic heterocycles. The molecule has 53 heavy (non-hydrogen) atoms. The predicted octanol–water partition coefficient (Wildman–Crippen LogP) is 6.65. The lowest BCUT2D eigenvalue weighted by atomic mass is 9.65. The number of rotatable bonds is 10. The van der Waals surface area contributed by atoms with E-state index in [1.54, 1.807) is 0 Å². The molecule has 0 aromatic heterocycles. The summed E-state index contributed by atoms with van der Waals surface area (Å²) in [7, 11) is 0. The smallest absolute Gasteiger partial charge is 0.135 e. The Morgan fingerprint density at radius 3 is 2.19 bits per heavy atom. The van der Waals surface area contributed by atoms with Crippen molar-refractivity contribution in [3.63, 3.8) is 0 Å². The Balaban J connectivity index is 1.17. The number of phenolic OH excluding ortho intramolecular Hbond substituents is 2. The first-order valence-electron chi connectivity index (χ1n) is 20.7. The van der Waals surface area contributed by atoms with E-state index in [0.717, 1.165) is 105 Å². The molecule has 0 saturated carbocycles. The molecule has 4 atom stereocenters. The van der Waals surface area contributed by atoms with E-state index >= 15 is 0 Å². The van der Waals surface area contributed by atoms with Gasteiger partial charge < -0.3 is 30.3 Å². The number of piperidine rings is 2. The summed E-state index contributed by atoms with van der Waals surface area (Å²) in [6, 6.07) is 17.8.